The summed E-state index contributed by atoms with van der Waals surface area (Å²) < 4.78 is 40.5. The van der Waals surface area contributed by atoms with Gasteiger partial charge in [-0.05, 0) is 55.2 Å². The van der Waals surface area contributed by atoms with Gasteiger partial charge in [0.1, 0.15) is 5.82 Å². The Bertz CT molecular complexity index is 830. The highest BCUT2D eigenvalue weighted by Crippen LogP contribution is 2.47. The normalized spacial score (nSPS) is 16.3. The van der Waals surface area contributed by atoms with Crippen LogP contribution in [0.2, 0.25) is 5.02 Å². The number of hydrogen-bond acceptors (Lipinski definition) is 2. The fourth-order valence-electron chi connectivity index (χ4n) is 2.58. The highest BCUT2D eigenvalue weighted by atomic mass is 35.5. The molecule has 0 spiro atoms. The predicted molar refractivity (Wildman–Crippen MR) is 88.7 cm³/mol. The molecule has 6 heteroatoms. The lowest BCUT2D eigenvalue weighted by Gasteiger charge is -2.17. The first-order valence-corrected chi connectivity index (χ1v) is 9.20. The number of nitrogens with one attached hydrogen (secondary N) is 1. The van der Waals surface area contributed by atoms with Crippen molar-refractivity contribution in [2.75, 3.05) is 6.54 Å². The molecule has 3 nitrogen and oxygen atoms in total. The first kappa shape index (κ1) is 16.4. The zero-order chi connectivity index (χ0) is 16.7. The van der Waals surface area contributed by atoms with E-state index in [1.807, 2.05) is 6.92 Å². The Kier molecular flexibility index (Phi) is 4.21. The Morgan fingerprint density at radius 3 is 2.39 bits per heavy atom. The van der Waals surface area contributed by atoms with Crippen LogP contribution in [0.1, 0.15) is 24.0 Å². The minimum absolute atomic E-state index is 0.156. The summed E-state index contributed by atoms with van der Waals surface area (Å²) in [7, 11) is -3.62. The van der Waals surface area contributed by atoms with Gasteiger partial charge in [0.05, 0.1) is 4.90 Å². The van der Waals surface area contributed by atoms with E-state index in [0.717, 1.165) is 24.0 Å². The molecule has 0 unspecified atom stereocenters. The molecular formula is C17H17ClFNO2S. The van der Waals surface area contributed by atoms with Crippen molar-refractivity contribution < 1.29 is 12.8 Å². The minimum atomic E-state index is -3.62. The molecule has 0 saturated heterocycles. The summed E-state index contributed by atoms with van der Waals surface area (Å²) in [6, 6.07) is 10.9. The summed E-state index contributed by atoms with van der Waals surface area (Å²) in [6.45, 7) is 2.12. The molecule has 0 radical (unpaired) electrons. The monoisotopic (exact) mass is 353 g/mol. The van der Waals surface area contributed by atoms with E-state index >= 15 is 0 Å². The molecule has 0 heterocycles. The molecule has 0 aromatic heterocycles. The van der Waals surface area contributed by atoms with Crippen molar-refractivity contribution in [1.82, 2.24) is 4.72 Å². The Morgan fingerprint density at radius 2 is 1.83 bits per heavy atom. The van der Waals surface area contributed by atoms with Crippen LogP contribution in [-0.2, 0) is 15.4 Å². The molecule has 1 N–H and O–H groups in total. The highest BCUT2D eigenvalue weighted by molar-refractivity contribution is 7.89. The second kappa shape index (κ2) is 5.89. The van der Waals surface area contributed by atoms with Crippen molar-refractivity contribution >= 4 is 21.6 Å². The number of sulfonamides is 1. The fraction of sp³-hybridized carbons (Fsp3) is 0.294. The maximum absolute atomic E-state index is 13.0. The molecule has 122 valence electrons. The first-order valence-electron chi connectivity index (χ1n) is 7.34. The van der Waals surface area contributed by atoms with Gasteiger partial charge in [0, 0.05) is 17.0 Å². The van der Waals surface area contributed by atoms with Crippen molar-refractivity contribution in [3.8, 4) is 0 Å². The zero-order valence-corrected chi connectivity index (χ0v) is 14.2. The summed E-state index contributed by atoms with van der Waals surface area (Å²) in [5.41, 5.74) is 1.56. The molecule has 1 aliphatic carbocycles. The van der Waals surface area contributed by atoms with E-state index in [4.69, 9.17) is 11.6 Å². The Morgan fingerprint density at radius 1 is 1.17 bits per heavy atom. The Hall–Kier alpha value is -1.43. The summed E-state index contributed by atoms with van der Waals surface area (Å²) in [5, 5.41) is 0.424. The van der Waals surface area contributed by atoms with Gasteiger partial charge in [-0.15, -0.1) is 0 Å². The standard InChI is InChI=1S/C17H17ClFNO2S/c1-12-2-7-15(10-16(12)18)23(21,22)20-11-17(8-9-17)13-3-5-14(19)6-4-13/h2-7,10,20H,8-9,11H2,1H3. The Labute approximate surface area is 140 Å². The molecule has 1 saturated carbocycles. The van der Waals surface area contributed by atoms with Gasteiger partial charge in [-0.3, -0.25) is 0 Å². The van der Waals surface area contributed by atoms with Crippen LogP contribution in [0.4, 0.5) is 4.39 Å². The van der Waals surface area contributed by atoms with E-state index in [0.29, 0.717) is 11.6 Å². The lowest BCUT2D eigenvalue weighted by Crippen LogP contribution is -2.32. The van der Waals surface area contributed by atoms with Crippen molar-refractivity contribution in [1.29, 1.82) is 0 Å². The van der Waals surface area contributed by atoms with Crippen LogP contribution in [-0.4, -0.2) is 15.0 Å². The van der Waals surface area contributed by atoms with Gasteiger partial charge in [-0.25, -0.2) is 17.5 Å². The smallest absolute Gasteiger partial charge is 0.210 e. The summed E-state index contributed by atoms with van der Waals surface area (Å²) in [5.74, 6) is -0.292. The van der Waals surface area contributed by atoms with Crippen LogP contribution in [0, 0.1) is 12.7 Å². The van der Waals surface area contributed by atoms with Crippen LogP contribution in [0.15, 0.2) is 47.4 Å². The van der Waals surface area contributed by atoms with Gasteiger partial charge in [-0.2, -0.15) is 0 Å². The third-order valence-corrected chi connectivity index (χ3v) is 6.17. The van der Waals surface area contributed by atoms with Gasteiger partial charge in [0.15, 0.2) is 0 Å². The van der Waals surface area contributed by atoms with Crippen LogP contribution in [0.5, 0.6) is 0 Å². The second-order valence-electron chi connectivity index (χ2n) is 6.02. The van der Waals surface area contributed by atoms with E-state index in [-0.39, 0.29) is 16.1 Å². The van der Waals surface area contributed by atoms with E-state index in [9.17, 15) is 12.8 Å². The molecule has 0 aliphatic heterocycles. The summed E-state index contributed by atoms with van der Waals surface area (Å²) in [6.07, 6.45) is 1.77. The van der Waals surface area contributed by atoms with Gasteiger partial charge in [0.25, 0.3) is 0 Å². The summed E-state index contributed by atoms with van der Waals surface area (Å²) in [4.78, 5) is 0.156. The highest BCUT2D eigenvalue weighted by Gasteiger charge is 2.44. The van der Waals surface area contributed by atoms with Gasteiger partial charge < -0.3 is 0 Å². The van der Waals surface area contributed by atoms with Crippen LogP contribution in [0.25, 0.3) is 0 Å². The van der Waals surface area contributed by atoms with Crippen LogP contribution < -0.4 is 4.72 Å². The number of benzene rings is 2. The lowest BCUT2D eigenvalue weighted by molar-refractivity contribution is 0.566. The molecule has 1 fully saturated rings. The van der Waals surface area contributed by atoms with Gasteiger partial charge >= 0.3 is 0 Å². The SMILES string of the molecule is Cc1ccc(S(=O)(=O)NCC2(c3ccc(F)cc3)CC2)cc1Cl. The molecule has 1 aliphatic rings. The molecule has 0 amide bonds. The predicted octanol–water partition coefficient (Wildman–Crippen LogP) is 3.80. The Balaban J connectivity index is 1.76. The number of rotatable bonds is 5. The van der Waals surface area contributed by atoms with Crippen molar-refractivity contribution in [3.05, 3.63) is 64.4 Å². The van der Waals surface area contributed by atoms with E-state index in [2.05, 4.69) is 4.72 Å². The van der Waals surface area contributed by atoms with Gasteiger partial charge in [-0.1, -0.05) is 29.8 Å². The topological polar surface area (TPSA) is 46.2 Å². The molecule has 23 heavy (non-hydrogen) atoms. The average molecular weight is 354 g/mol. The first-order chi connectivity index (χ1) is 10.8. The van der Waals surface area contributed by atoms with Crippen LogP contribution >= 0.6 is 11.6 Å². The maximum atomic E-state index is 13.0. The van der Waals surface area contributed by atoms with Crippen molar-refractivity contribution in [3.63, 3.8) is 0 Å². The third kappa shape index (κ3) is 3.42. The maximum Gasteiger partial charge on any atom is 0.240 e. The second-order valence-corrected chi connectivity index (χ2v) is 8.20. The van der Waals surface area contributed by atoms with Crippen LogP contribution in [0.3, 0.4) is 0 Å². The van der Waals surface area contributed by atoms with Crippen molar-refractivity contribution in [2.24, 2.45) is 0 Å². The average Bonchev–Trinajstić information content (AvgIpc) is 3.30. The van der Waals surface area contributed by atoms with Crippen molar-refractivity contribution in [2.45, 2.75) is 30.1 Å². The van der Waals surface area contributed by atoms with Gasteiger partial charge in [0.2, 0.25) is 10.0 Å². The quantitative estimate of drug-likeness (QED) is 0.888. The van der Waals surface area contributed by atoms with E-state index < -0.39 is 10.0 Å². The number of aryl methyl sites for hydroxylation is 1. The molecular weight excluding hydrogens is 337 g/mol. The number of hydrogen-bond donors (Lipinski definition) is 1. The molecule has 0 atom stereocenters. The van der Waals surface area contributed by atoms with E-state index in [1.54, 1.807) is 24.3 Å². The lowest BCUT2D eigenvalue weighted by atomic mass is 9.96. The fourth-order valence-corrected chi connectivity index (χ4v) is 3.98. The summed E-state index contributed by atoms with van der Waals surface area (Å²) >= 11 is 6.01. The largest absolute Gasteiger partial charge is 0.240 e. The number of halogens is 2. The molecule has 2 aromatic carbocycles. The third-order valence-electron chi connectivity index (χ3n) is 4.36. The molecule has 2 aromatic rings. The molecule has 0 bridgehead atoms. The minimum Gasteiger partial charge on any atom is -0.210 e. The molecule has 3 rings (SSSR count). The zero-order valence-electron chi connectivity index (χ0n) is 12.6. The van der Waals surface area contributed by atoms with E-state index in [1.165, 1.54) is 18.2 Å².